The first-order valence-corrected chi connectivity index (χ1v) is 14.5. The molecule has 0 aliphatic heterocycles. The summed E-state index contributed by atoms with van der Waals surface area (Å²) >= 11 is 0. The van der Waals surface area contributed by atoms with Gasteiger partial charge in [-0.05, 0) is 44.3 Å². The van der Waals surface area contributed by atoms with Gasteiger partial charge >= 0.3 is 0 Å². The Labute approximate surface area is 179 Å². The van der Waals surface area contributed by atoms with Crippen LogP contribution < -0.4 is 0 Å². The molecule has 2 aromatic rings. The molecule has 0 N–H and O–H groups in total. The van der Waals surface area contributed by atoms with Crippen LogP contribution >= 0.6 is 7.14 Å². The van der Waals surface area contributed by atoms with Gasteiger partial charge in [-0.2, -0.15) is 16.8 Å². The van der Waals surface area contributed by atoms with Crippen LogP contribution in [0.25, 0.3) is 0 Å². The van der Waals surface area contributed by atoms with Crippen molar-refractivity contribution in [2.75, 3.05) is 31.7 Å². The molecule has 2 rings (SSSR count). The van der Waals surface area contributed by atoms with Gasteiger partial charge in [-0.25, -0.2) is 0 Å². The molecular weight excluding hydrogens is 447 g/mol. The zero-order valence-corrected chi connectivity index (χ0v) is 19.8. The van der Waals surface area contributed by atoms with Crippen molar-refractivity contribution in [3.05, 3.63) is 59.7 Å². The first-order valence-electron chi connectivity index (χ1n) is 9.47. The van der Waals surface area contributed by atoms with Crippen molar-refractivity contribution in [3.63, 3.8) is 0 Å². The predicted octanol–water partition coefficient (Wildman–Crippen LogP) is 3.80. The minimum atomic E-state index is -3.94. The second-order valence-electron chi connectivity index (χ2n) is 7.00. The Bertz CT molecular complexity index is 1010. The average molecular weight is 475 g/mol. The zero-order valence-electron chi connectivity index (χ0n) is 17.3. The number of hydrogen-bond acceptors (Lipinski definition) is 7. The van der Waals surface area contributed by atoms with Gasteiger partial charge in [-0.1, -0.05) is 42.3 Å². The highest BCUT2D eigenvalue weighted by atomic mass is 32.2. The van der Waals surface area contributed by atoms with Gasteiger partial charge in [0.25, 0.3) is 20.2 Å². The molecule has 0 heterocycles. The highest BCUT2D eigenvalue weighted by Crippen LogP contribution is 2.44. The fourth-order valence-corrected chi connectivity index (χ4v) is 6.37. The molecular formula is C20H27O7PS2. The lowest BCUT2D eigenvalue weighted by Crippen LogP contribution is -2.15. The van der Waals surface area contributed by atoms with Gasteiger partial charge in [0.1, 0.15) is 0 Å². The molecule has 0 aliphatic rings. The van der Waals surface area contributed by atoms with Crippen LogP contribution in [0.3, 0.4) is 0 Å². The summed E-state index contributed by atoms with van der Waals surface area (Å²) in [5.74, 6) is 0. The molecule has 0 radical (unpaired) electrons. The van der Waals surface area contributed by atoms with E-state index < -0.39 is 27.4 Å². The van der Waals surface area contributed by atoms with Crippen molar-refractivity contribution in [1.82, 2.24) is 0 Å². The van der Waals surface area contributed by atoms with E-state index in [-0.39, 0.29) is 41.5 Å². The molecule has 0 fully saturated rings. The second kappa shape index (κ2) is 10.2. The largest absolute Gasteiger partial charge is 0.323 e. The standard InChI is InChI=1S/C20H27O7PS2/c1-4-28(21,15-13-26-29(22,23)19-9-5-17(2)6-10-19)16-14-27-30(24,25)20-11-7-18(3)8-12-20/h5-12H,4,13-16H2,1-3H3. The molecule has 0 aromatic heterocycles. The Morgan fingerprint density at radius 1 is 0.700 bits per heavy atom. The average Bonchev–Trinajstić information content (AvgIpc) is 2.68. The molecule has 0 amide bonds. The molecule has 0 aliphatic carbocycles. The van der Waals surface area contributed by atoms with Crippen LogP contribution in [-0.2, 0) is 33.2 Å². The number of aryl methyl sites for hydroxylation is 2. The molecule has 7 nitrogen and oxygen atoms in total. The van der Waals surface area contributed by atoms with Gasteiger partial charge in [0.15, 0.2) is 0 Å². The topological polar surface area (TPSA) is 104 Å². The van der Waals surface area contributed by atoms with E-state index in [1.807, 2.05) is 13.8 Å². The Morgan fingerprint density at radius 2 is 1.03 bits per heavy atom. The summed E-state index contributed by atoms with van der Waals surface area (Å²) in [5, 5.41) is 0. The van der Waals surface area contributed by atoms with E-state index in [9.17, 15) is 21.4 Å². The summed E-state index contributed by atoms with van der Waals surface area (Å²) in [4.78, 5) is 0.0684. The Balaban J connectivity index is 1.90. The molecule has 0 bridgehead atoms. The third kappa shape index (κ3) is 7.03. The van der Waals surface area contributed by atoms with Crippen molar-refractivity contribution >= 4 is 27.4 Å². The molecule has 0 unspecified atom stereocenters. The van der Waals surface area contributed by atoms with Crippen molar-refractivity contribution in [2.45, 2.75) is 30.6 Å². The first kappa shape index (κ1) is 24.8. The van der Waals surface area contributed by atoms with E-state index in [2.05, 4.69) is 0 Å². The van der Waals surface area contributed by atoms with E-state index in [1.54, 1.807) is 31.2 Å². The molecule has 10 heteroatoms. The van der Waals surface area contributed by atoms with E-state index in [0.29, 0.717) is 0 Å². The minimum absolute atomic E-state index is 0.0164. The van der Waals surface area contributed by atoms with E-state index in [4.69, 9.17) is 8.37 Å². The van der Waals surface area contributed by atoms with Crippen LogP contribution in [0.1, 0.15) is 18.1 Å². The molecule has 2 aromatic carbocycles. The smallest absolute Gasteiger partial charge is 0.296 e. The first-order chi connectivity index (χ1) is 14.0. The third-order valence-electron chi connectivity index (χ3n) is 4.67. The third-order valence-corrected chi connectivity index (χ3v) is 10.5. The Morgan fingerprint density at radius 3 is 1.33 bits per heavy atom. The van der Waals surface area contributed by atoms with E-state index >= 15 is 0 Å². The lowest BCUT2D eigenvalue weighted by molar-refractivity contribution is 0.333. The molecule has 0 atom stereocenters. The van der Waals surface area contributed by atoms with Gasteiger partial charge in [-0.3, -0.25) is 8.37 Å². The Kier molecular flexibility index (Phi) is 8.42. The fourth-order valence-electron chi connectivity index (χ4n) is 2.60. The lowest BCUT2D eigenvalue weighted by Gasteiger charge is -2.16. The summed E-state index contributed by atoms with van der Waals surface area (Å²) < 4.78 is 71.9. The summed E-state index contributed by atoms with van der Waals surface area (Å²) in [5.41, 5.74) is 1.84. The van der Waals surface area contributed by atoms with Crippen LogP contribution in [0.4, 0.5) is 0 Å². The van der Waals surface area contributed by atoms with Gasteiger partial charge in [0, 0.05) is 12.3 Å². The van der Waals surface area contributed by atoms with Crippen molar-refractivity contribution in [3.8, 4) is 0 Å². The Hall–Kier alpha value is -1.51. The quantitative estimate of drug-likeness (QED) is 0.360. The number of benzene rings is 2. The minimum Gasteiger partial charge on any atom is -0.323 e. The molecule has 0 spiro atoms. The van der Waals surface area contributed by atoms with Crippen LogP contribution in [0, 0.1) is 13.8 Å². The summed E-state index contributed by atoms with van der Waals surface area (Å²) in [6.07, 6.45) is 0.319. The number of hydrogen-bond donors (Lipinski definition) is 0. The monoisotopic (exact) mass is 474 g/mol. The zero-order chi connectivity index (χ0) is 22.4. The molecule has 166 valence electrons. The van der Waals surface area contributed by atoms with Crippen LogP contribution in [0.2, 0.25) is 0 Å². The van der Waals surface area contributed by atoms with Crippen molar-refractivity contribution in [2.24, 2.45) is 0 Å². The maximum Gasteiger partial charge on any atom is 0.296 e. The van der Waals surface area contributed by atoms with Gasteiger partial charge < -0.3 is 4.57 Å². The summed E-state index contributed by atoms with van der Waals surface area (Å²) in [7, 11) is -10.7. The highest BCUT2D eigenvalue weighted by Gasteiger charge is 2.24. The normalized spacial score (nSPS) is 12.8. The summed E-state index contributed by atoms with van der Waals surface area (Å²) in [6.45, 7) is 4.91. The van der Waals surface area contributed by atoms with Crippen molar-refractivity contribution < 1.29 is 29.8 Å². The van der Waals surface area contributed by atoms with Crippen LogP contribution in [0.5, 0.6) is 0 Å². The second-order valence-corrected chi connectivity index (χ2v) is 13.9. The predicted molar refractivity (Wildman–Crippen MR) is 117 cm³/mol. The maximum atomic E-state index is 13.0. The van der Waals surface area contributed by atoms with Gasteiger partial charge in [0.2, 0.25) is 0 Å². The maximum absolute atomic E-state index is 13.0. The van der Waals surface area contributed by atoms with Crippen LogP contribution in [-0.4, -0.2) is 48.5 Å². The molecule has 30 heavy (non-hydrogen) atoms. The SMILES string of the molecule is CCP(=O)(CCOS(=O)(=O)c1ccc(C)cc1)CCOS(=O)(=O)c1ccc(C)cc1. The molecule has 0 saturated heterocycles. The summed E-state index contributed by atoms with van der Waals surface area (Å²) in [6, 6.07) is 12.5. The van der Waals surface area contributed by atoms with E-state index in [1.165, 1.54) is 24.3 Å². The van der Waals surface area contributed by atoms with Crippen LogP contribution in [0.15, 0.2) is 58.3 Å². The van der Waals surface area contributed by atoms with Crippen molar-refractivity contribution in [1.29, 1.82) is 0 Å². The number of rotatable bonds is 11. The highest BCUT2D eigenvalue weighted by molar-refractivity contribution is 7.87. The van der Waals surface area contributed by atoms with E-state index in [0.717, 1.165) is 11.1 Å². The van der Waals surface area contributed by atoms with Gasteiger partial charge in [0.05, 0.1) is 30.1 Å². The fraction of sp³-hybridized carbons (Fsp3) is 0.400. The lowest BCUT2D eigenvalue weighted by atomic mass is 10.2. The van der Waals surface area contributed by atoms with Gasteiger partial charge in [-0.15, -0.1) is 0 Å². The molecule has 0 saturated carbocycles.